The van der Waals surface area contributed by atoms with Gasteiger partial charge < -0.3 is 20.0 Å². The molecule has 0 bridgehead atoms. The van der Waals surface area contributed by atoms with Crippen LogP contribution in [0.3, 0.4) is 0 Å². The Bertz CT molecular complexity index is 843. The van der Waals surface area contributed by atoms with Crippen LogP contribution in [0.25, 0.3) is 0 Å². The fourth-order valence-corrected chi connectivity index (χ4v) is 5.76. The van der Waals surface area contributed by atoms with Gasteiger partial charge in [0.1, 0.15) is 17.7 Å². The third kappa shape index (κ3) is 7.97. The number of aliphatic hydroxyl groups excluding tert-OH is 2. The second-order valence-corrected chi connectivity index (χ2v) is 12.4. The molecule has 0 aliphatic carbocycles. The number of urea groups is 2. The summed E-state index contributed by atoms with van der Waals surface area (Å²) in [5.74, 6) is -0.928. The lowest BCUT2D eigenvalue weighted by Gasteiger charge is -2.36. The average molecular weight is 583 g/mol. The fourth-order valence-electron chi connectivity index (χ4n) is 5.76. The maximum Gasteiger partial charge on any atom is 0.329 e. The van der Waals surface area contributed by atoms with E-state index in [1.807, 2.05) is 0 Å². The molecule has 2 aliphatic heterocycles. The Hall–Kier alpha value is -2.28. The summed E-state index contributed by atoms with van der Waals surface area (Å²) in [4.78, 5) is 62.6. The van der Waals surface area contributed by atoms with Crippen molar-refractivity contribution in [3.63, 3.8) is 0 Å². The molecular formula is C29H54N6O6. The van der Waals surface area contributed by atoms with Crippen LogP contribution in [0.2, 0.25) is 0 Å². The monoisotopic (exact) mass is 582 g/mol. The lowest BCUT2D eigenvalue weighted by atomic mass is 10.0. The lowest BCUT2D eigenvalue weighted by Crippen LogP contribution is -2.55. The number of hydrogen-bond acceptors (Lipinski definition) is 8. The first-order valence-electron chi connectivity index (χ1n) is 15.2. The molecule has 0 aromatic heterocycles. The van der Waals surface area contributed by atoms with E-state index in [9.17, 15) is 29.4 Å². The molecule has 236 valence electrons. The molecule has 41 heavy (non-hydrogen) atoms. The lowest BCUT2D eigenvalue weighted by molar-refractivity contribution is -0.134. The van der Waals surface area contributed by atoms with E-state index in [0.29, 0.717) is 13.1 Å². The maximum atomic E-state index is 13.5. The van der Waals surface area contributed by atoms with Gasteiger partial charge in [0, 0.05) is 13.1 Å². The summed E-state index contributed by atoms with van der Waals surface area (Å²) in [5, 5.41) is 21.5. The molecule has 2 heterocycles. The maximum absolute atomic E-state index is 13.5. The van der Waals surface area contributed by atoms with Gasteiger partial charge in [0.25, 0.3) is 11.8 Å². The van der Waals surface area contributed by atoms with Crippen LogP contribution in [0.15, 0.2) is 0 Å². The molecule has 0 unspecified atom stereocenters. The second-order valence-electron chi connectivity index (χ2n) is 12.4. The predicted octanol–water partition coefficient (Wildman–Crippen LogP) is 2.00. The van der Waals surface area contributed by atoms with E-state index in [2.05, 4.69) is 37.5 Å². The van der Waals surface area contributed by atoms with Crippen LogP contribution in [-0.2, 0) is 9.59 Å². The van der Waals surface area contributed by atoms with Crippen LogP contribution in [0.1, 0.15) is 81.1 Å². The van der Waals surface area contributed by atoms with Crippen LogP contribution in [-0.4, -0.2) is 146 Å². The molecule has 2 rings (SSSR count). The van der Waals surface area contributed by atoms with E-state index in [-0.39, 0.29) is 19.8 Å². The van der Waals surface area contributed by atoms with Crippen molar-refractivity contribution < 1.29 is 29.4 Å². The predicted molar refractivity (Wildman–Crippen MR) is 157 cm³/mol. The second kappa shape index (κ2) is 14.8. The van der Waals surface area contributed by atoms with Gasteiger partial charge in [-0.25, -0.2) is 9.59 Å². The molecule has 2 atom stereocenters. The van der Waals surface area contributed by atoms with Crippen molar-refractivity contribution in [2.75, 3.05) is 59.0 Å². The summed E-state index contributed by atoms with van der Waals surface area (Å²) in [7, 11) is 0. The van der Waals surface area contributed by atoms with E-state index >= 15 is 0 Å². The van der Waals surface area contributed by atoms with E-state index in [4.69, 9.17) is 0 Å². The van der Waals surface area contributed by atoms with Gasteiger partial charge in [-0.3, -0.25) is 29.2 Å². The van der Waals surface area contributed by atoms with Crippen LogP contribution in [0.4, 0.5) is 9.59 Å². The van der Waals surface area contributed by atoms with Crippen LogP contribution in [0, 0.1) is 0 Å². The molecule has 12 nitrogen and oxygen atoms in total. The summed E-state index contributed by atoms with van der Waals surface area (Å²) < 4.78 is 0. The molecule has 0 radical (unpaired) electrons. The van der Waals surface area contributed by atoms with Gasteiger partial charge in [-0.05, 0) is 79.6 Å². The largest absolute Gasteiger partial charge is 0.390 e. The molecule has 12 heteroatoms. The van der Waals surface area contributed by atoms with Crippen LogP contribution in [0.5, 0.6) is 0 Å². The molecule has 0 aromatic carbocycles. The zero-order valence-corrected chi connectivity index (χ0v) is 26.6. The Morgan fingerprint density at radius 1 is 0.610 bits per heavy atom. The Morgan fingerprint density at radius 3 is 1.17 bits per heavy atom. The van der Waals surface area contributed by atoms with Crippen molar-refractivity contribution >= 4 is 23.9 Å². The zero-order chi connectivity index (χ0) is 31.1. The highest BCUT2D eigenvalue weighted by Crippen LogP contribution is 2.33. The van der Waals surface area contributed by atoms with Gasteiger partial charge in [0.15, 0.2) is 0 Å². The average Bonchev–Trinajstić information content (AvgIpc) is 3.14. The van der Waals surface area contributed by atoms with Gasteiger partial charge in [-0.2, -0.15) is 0 Å². The number of β-amino-alcohol motifs (C(OH)–C–C–N with tert-alkyl or cyclic N) is 2. The van der Waals surface area contributed by atoms with E-state index in [1.165, 1.54) is 9.80 Å². The van der Waals surface area contributed by atoms with Crippen molar-refractivity contribution in [1.29, 1.82) is 0 Å². The van der Waals surface area contributed by atoms with E-state index in [0.717, 1.165) is 61.7 Å². The highest BCUT2D eigenvalue weighted by atomic mass is 16.3. The number of nitrogens with zero attached hydrogens (tertiary/aromatic N) is 6. The number of aliphatic hydroxyl groups is 2. The Morgan fingerprint density at radius 2 is 0.902 bits per heavy atom. The van der Waals surface area contributed by atoms with Gasteiger partial charge >= 0.3 is 12.1 Å². The minimum Gasteiger partial charge on any atom is -0.390 e. The first-order chi connectivity index (χ1) is 19.2. The SMILES string of the molecule is CCCN(CCC)C[C@@H](O)CN1C(=O)N(CN2C(=O)N(C[C@H](O)CN(CCC)CCC)C(=O)C2(C)C)C(C)(C)C1=O. The molecule has 0 spiro atoms. The molecule has 2 fully saturated rings. The normalized spacial score (nSPS) is 20.4. The third-order valence-corrected chi connectivity index (χ3v) is 7.98. The van der Waals surface area contributed by atoms with Gasteiger partial charge in [-0.1, -0.05) is 27.7 Å². The number of amides is 6. The fraction of sp³-hybridized carbons (Fsp3) is 0.862. The molecule has 2 saturated heterocycles. The van der Waals surface area contributed by atoms with Crippen molar-refractivity contribution in [3.8, 4) is 0 Å². The van der Waals surface area contributed by atoms with Crippen molar-refractivity contribution in [3.05, 3.63) is 0 Å². The van der Waals surface area contributed by atoms with Crippen LogP contribution >= 0.6 is 0 Å². The van der Waals surface area contributed by atoms with Crippen LogP contribution < -0.4 is 0 Å². The molecule has 2 aliphatic rings. The number of imide groups is 2. The molecular weight excluding hydrogens is 528 g/mol. The van der Waals surface area contributed by atoms with Gasteiger partial charge in [0.05, 0.1) is 25.3 Å². The Labute approximate surface area is 246 Å². The Kier molecular flexibility index (Phi) is 12.6. The highest BCUT2D eigenvalue weighted by molar-refractivity contribution is 6.08. The molecule has 2 N–H and O–H groups in total. The topological polar surface area (TPSA) is 128 Å². The summed E-state index contributed by atoms with van der Waals surface area (Å²) >= 11 is 0. The number of hydrogen-bond donors (Lipinski definition) is 2. The smallest absolute Gasteiger partial charge is 0.329 e. The zero-order valence-electron chi connectivity index (χ0n) is 26.6. The van der Waals surface area contributed by atoms with E-state index < -0.39 is 47.2 Å². The molecule has 0 aromatic rings. The van der Waals surface area contributed by atoms with Crippen molar-refractivity contribution in [2.24, 2.45) is 0 Å². The van der Waals surface area contributed by atoms with E-state index in [1.54, 1.807) is 27.7 Å². The summed E-state index contributed by atoms with van der Waals surface area (Å²) in [6.07, 6.45) is 1.88. The van der Waals surface area contributed by atoms with Gasteiger partial charge in [-0.15, -0.1) is 0 Å². The van der Waals surface area contributed by atoms with Crippen molar-refractivity contribution in [2.45, 2.75) is 104 Å². The number of carbonyl (C=O) groups is 4. The number of carbonyl (C=O) groups excluding carboxylic acids is 4. The summed E-state index contributed by atoms with van der Waals surface area (Å²) in [6.45, 7) is 18.0. The third-order valence-electron chi connectivity index (χ3n) is 7.98. The highest BCUT2D eigenvalue weighted by Gasteiger charge is 2.57. The van der Waals surface area contributed by atoms with Crippen molar-refractivity contribution in [1.82, 2.24) is 29.4 Å². The first kappa shape index (κ1) is 34.9. The quantitative estimate of drug-likeness (QED) is 0.235. The first-order valence-corrected chi connectivity index (χ1v) is 15.2. The summed E-state index contributed by atoms with van der Waals surface area (Å²) in [5.41, 5.74) is -2.56. The standard InChI is InChI=1S/C29H54N6O6/c1-9-13-30(14-10-2)17-22(36)19-32-24(38)28(5,6)34(26(32)40)21-35-27(41)33(25(39)29(35,7)8)20-23(37)18-31(15-11-3)16-12-4/h22-23,36-37H,9-21H2,1-8H3/t22-,23-/m1/s1. The minimum atomic E-state index is -1.28. The Balaban J connectivity index is 2.16. The summed E-state index contributed by atoms with van der Waals surface area (Å²) in [6, 6.07) is -1.22. The molecule has 0 saturated carbocycles. The molecule has 6 amide bonds. The minimum absolute atomic E-state index is 0.151. The van der Waals surface area contributed by atoms with Gasteiger partial charge in [0.2, 0.25) is 0 Å². The number of rotatable bonds is 18.